The number of hydrogen-bond donors (Lipinski definition) is 1. The van der Waals surface area contributed by atoms with Crippen LogP contribution in [-0.4, -0.2) is 46.2 Å². The molecule has 1 N–H and O–H groups in total. The molecule has 8 nitrogen and oxygen atoms in total. The van der Waals surface area contributed by atoms with Gasteiger partial charge < -0.3 is 5.32 Å². The third kappa shape index (κ3) is 5.36. The van der Waals surface area contributed by atoms with Crippen LogP contribution >= 0.6 is 0 Å². The Hall–Kier alpha value is -3.45. The van der Waals surface area contributed by atoms with Crippen molar-refractivity contribution in [3.05, 3.63) is 71.7 Å². The number of alkyl halides is 3. The van der Waals surface area contributed by atoms with Crippen molar-refractivity contribution in [1.29, 1.82) is 0 Å². The maximum atomic E-state index is 13.2. The fourth-order valence-corrected chi connectivity index (χ4v) is 5.51. The summed E-state index contributed by atoms with van der Waals surface area (Å²) in [4.78, 5) is 23.7. The summed E-state index contributed by atoms with van der Waals surface area (Å²) in [6.45, 7) is 1.95. The highest BCUT2D eigenvalue weighted by molar-refractivity contribution is 7.89. The van der Waals surface area contributed by atoms with Crippen molar-refractivity contribution in [3.63, 3.8) is 0 Å². The molecular weight excluding hydrogens is 502 g/mol. The number of sulfonamides is 1. The second kappa shape index (κ2) is 9.90. The third-order valence-electron chi connectivity index (χ3n) is 5.80. The number of nitrogens with one attached hydrogen (secondary N) is 1. The van der Waals surface area contributed by atoms with E-state index in [-0.39, 0.29) is 23.5 Å². The number of amides is 1. The fraction of sp³-hybridized carbons (Fsp3) is 0.304. The molecule has 36 heavy (non-hydrogen) atoms. The van der Waals surface area contributed by atoms with Crippen LogP contribution in [0.3, 0.4) is 0 Å². The van der Waals surface area contributed by atoms with E-state index in [4.69, 9.17) is 0 Å². The summed E-state index contributed by atoms with van der Waals surface area (Å²) in [6.07, 6.45) is -0.290. The number of hydrogen-bond acceptors (Lipinski definition) is 6. The monoisotopic (exact) mass is 523 g/mol. The smallest absolute Gasteiger partial charge is 0.351 e. The molecule has 1 aliphatic rings. The van der Waals surface area contributed by atoms with Crippen molar-refractivity contribution in [2.45, 2.75) is 43.4 Å². The summed E-state index contributed by atoms with van der Waals surface area (Å²) in [5, 5.41) is 2.74. The summed E-state index contributed by atoms with van der Waals surface area (Å²) < 4.78 is 78.5. The van der Waals surface area contributed by atoms with Crippen molar-refractivity contribution in [3.8, 4) is 11.3 Å². The first-order valence-electron chi connectivity index (χ1n) is 10.9. The maximum Gasteiger partial charge on any atom is 0.451 e. The molecule has 190 valence electrons. The van der Waals surface area contributed by atoms with Crippen LogP contribution in [0.5, 0.6) is 0 Å². The molecule has 0 unspecified atom stereocenters. The summed E-state index contributed by atoms with van der Waals surface area (Å²) in [5.74, 6) is -2.32. The molecule has 13 heteroatoms. The molecule has 3 aromatic rings. The SMILES string of the molecule is Cc1cnc(-c2cnc(C(F)(F)F)nc2)cc1CNC(=O)[C@@H]1CCCN1S(=O)(=O)c1ccc(F)cc1. The summed E-state index contributed by atoms with van der Waals surface area (Å²) in [5.41, 5.74) is 1.94. The van der Waals surface area contributed by atoms with Crippen molar-refractivity contribution < 1.29 is 30.8 Å². The lowest BCUT2D eigenvalue weighted by Crippen LogP contribution is -2.45. The number of nitrogens with zero attached hydrogens (tertiary/aromatic N) is 4. The van der Waals surface area contributed by atoms with Crippen LogP contribution < -0.4 is 5.32 Å². The Bertz CT molecular complexity index is 1360. The zero-order chi connectivity index (χ0) is 26.1. The molecule has 1 saturated heterocycles. The Morgan fingerprint density at radius 1 is 1.11 bits per heavy atom. The Labute approximate surface area is 204 Å². The van der Waals surface area contributed by atoms with Gasteiger partial charge in [0.25, 0.3) is 0 Å². The van der Waals surface area contributed by atoms with Gasteiger partial charge in [-0.15, -0.1) is 0 Å². The van der Waals surface area contributed by atoms with Crippen LogP contribution in [0.25, 0.3) is 11.3 Å². The van der Waals surface area contributed by atoms with Crippen molar-refractivity contribution in [2.75, 3.05) is 6.54 Å². The minimum absolute atomic E-state index is 0.0443. The molecule has 0 aliphatic carbocycles. The Morgan fingerprint density at radius 2 is 1.78 bits per heavy atom. The van der Waals surface area contributed by atoms with Gasteiger partial charge in [0.15, 0.2) is 0 Å². The quantitative estimate of drug-likeness (QED) is 0.496. The molecule has 4 rings (SSSR count). The van der Waals surface area contributed by atoms with E-state index in [1.54, 1.807) is 13.0 Å². The lowest BCUT2D eigenvalue weighted by atomic mass is 10.1. The minimum Gasteiger partial charge on any atom is -0.351 e. The predicted molar refractivity (Wildman–Crippen MR) is 120 cm³/mol. The number of carbonyl (C=O) groups excluding carboxylic acids is 1. The number of halogens is 4. The summed E-state index contributed by atoms with van der Waals surface area (Å²) in [6, 6.07) is 5.08. The molecule has 0 saturated carbocycles. The van der Waals surface area contributed by atoms with Gasteiger partial charge in [0.05, 0.1) is 10.6 Å². The molecule has 3 heterocycles. The first-order chi connectivity index (χ1) is 17.0. The van der Waals surface area contributed by atoms with E-state index in [0.717, 1.165) is 41.0 Å². The molecule has 1 fully saturated rings. The van der Waals surface area contributed by atoms with E-state index in [1.165, 1.54) is 6.20 Å². The number of aryl methyl sites for hydroxylation is 1. The van der Waals surface area contributed by atoms with Gasteiger partial charge in [-0.3, -0.25) is 9.78 Å². The first-order valence-corrected chi connectivity index (χ1v) is 12.3. The molecule has 0 bridgehead atoms. The van der Waals surface area contributed by atoms with E-state index in [2.05, 4.69) is 20.3 Å². The summed E-state index contributed by atoms with van der Waals surface area (Å²) in [7, 11) is -4.00. The van der Waals surface area contributed by atoms with Crippen LogP contribution in [0, 0.1) is 12.7 Å². The Kier molecular flexibility index (Phi) is 7.05. The third-order valence-corrected chi connectivity index (χ3v) is 7.72. The topological polar surface area (TPSA) is 105 Å². The molecule has 0 radical (unpaired) electrons. The molecule has 0 spiro atoms. The van der Waals surface area contributed by atoms with Crippen LogP contribution in [0.1, 0.15) is 29.8 Å². The van der Waals surface area contributed by atoms with Crippen LogP contribution in [0.2, 0.25) is 0 Å². The van der Waals surface area contributed by atoms with Crippen LogP contribution in [-0.2, 0) is 27.5 Å². The molecule has 2 aromatic heterocycles. The van der Waals surface area contributed by atoms with Gasteiger partial charge in [0.1, 0.15) is 11.9 Å². The maximum absolute atomic E-state index is 13.2. The van der Waals surface area contributed by atoms with Crippen LogP contribution in [0.15, 0.2) is 53.8 Å². The number of rotatable bonds is 6. The predicted octanol–water partition coefficient (Wildman–Crippen LogP) is 3.47. The van der Waals surface area contributed by atoms with E-state index in [0.29, 0.717) is 29.7 Å². The Morgan fingerprint density at radius 3 is 2.42 bits per heavy atom. The highest BCUT2D eigenvalue weighted by Crippen LogP contribution is 2.28. The van der Waals surface area contributed by atoms with Gasteiger partial charge in [0.2, 0.25) is 21.8 Å². The lowest BCUT2D eigenvalue weighted by Gasteiger charge is -2.23. The van der Waals surface area contributed by atoms with Crippen molar-refractivity contribution in [2.24, 2.45) is 0 Å². The average molecular weight is 524 g/mol. The van der Waals surface area contributed by atoms with Gasteiger partial charge in [-0.1, -0.05) is 0 Å². The van der Waals surface area contributed by atoms with E-state index < -0.39 is 39.8 Å². The zero-order valence-electron chi connectivity index (χ0n) is 19.0. The molecular formula is C23H21F4N5O3S. The molecule has 1 aliphatic heterocycles. The lowest BCUT2D eigenvalue weighted by molar-refractivity contribution is -0.145. The van der Waals surface area contributed by atoms with Crippen LogP contribution in [0.4, 0.5) is 17.6 Å². The molecule has 1 amide bonds. The second-order valence-corrected chi connectivity index (χ2v) is 10.1. The number of pyridine rings is 1. The standard InChI is InChI=1S/C23H21F4N5O3S/c1-14-10-28-19(16-12-30-22(31-13-16)23(25,26)27)9-15(14)11-29-21(33)20-3-2-8-32(20)36(34,35)18-6-4-17(24)5-7-18/h4-7,9-10,12-13,20H,2-3,8,11H2,1H3,(H,29,33)/t20-/m0/s1. The highest BCUT2D eigenvalue weighted by atomic mass is 32.2. The molecule has 1 aromatic carbocycles. The fourth-order valence-electron chi connectivity index (χ4n) is 3.85. The first kappa shape index (κ1) is 25.6. The normalized spacial score (nSPS) is 16.8. The van der Waals surface area contributed by atoms with Gasteiger partial charge in [-0.25, -0.2) is 22.8 Å². The van der Waals surface area contributed by atoms with E-state index in [1.807, 2.05) is 0 Å². The minimum atomic E-state index is -4.66. The van der Waals surface area contributed by atoms with E-state index >= 15 is 0 Å². The van der Waals surface area contributed by atoms with Gasteiger partial charge in [-0.2, -0.15) is 17.5 Å². The van der Waals surface area contributed by atoms with Gasteiger partial charge >= 0.3 is 6.18 Å². The number of aromatic nitrogens is 3. The largest absolute Gasteiger partial charge is 0.451 e. The molecule has 1 atom stereocenters. The number of carbonyl (C=O) groups is 1. The zero-order valence-corrected chi connectivity index (χ0v) is 19.8. The van der Waals surface area contributed by atoms with Gasteiger partial charge in [0, 0.05) is 37.2 Å². The average Bonchev–Trinajstić information content (AvgIpc) is 3.34. The summed E-state index contributed by atoms with van der Waals surface area (Å²) >= 11 is 0. The van der Waals surface area contributed by atoms with Crippen molar-refractivity contribution in [1.82, 2.24) is 24.6 Å². The van der Waals surface area contributed by atoms with E-state index in [9.17, 15) is 30.8 Å². The second-order valence-electron chi connectivity index (χ2n) is 8.23. The van der Waals surface area contributed by atoms with Crippen molar-refractivity contribution >= 4 is 15.9 Å². The van der Waals surface area contributed by atoms with Gasteiger partial charge in [-0.05, 0) is 61.2 Å². The number of benzene rings is 1. The Balaban J connectivity index is 1.48. The highest BCUT2D eigenvalue weighted by Gasteiger charge is 2.39.